The van der Waals surface area contributed by atoms with Gasteiger partial charge >= 0.3 is 0 Å². The monoisotopic (exact) mass is 167 g/mol. The van der Waals surface area contributed by atoms with Crippen molar-refractivity contribution in [3.05, 3.63) is 0 Å². The fourth-order valence-corrected chi connectivity index (χ4v) is 1.77. The van der Waals surface area contributed by atoms with Crippen molar-refractivity contribution in [2.75, 3.05) is 13.6 Å². The molecule has 2 N–H and O–H groups in total. The number of likely N-dealkylation sites (N-methyl/N-ethyl adjacent to an activating group) is 1. The Morgan fingerprint density at radius 2 is 2.50 bits per heavy atom. The first-order valence-electron chi connectivity index (χ1n) is 4.01. The van der Waals surface area contributed by atoms with Crippen molar-refractivity contribution >= 4 is 5.91 Å². The number of hydrogen-bond acceptors (Lipinski definition) is 3. The van der Waals surface area contributed by atoms with E-state index in [4.69, 9.17) is 11.0 Å². The molecular formula is C8H13N3O. The van der Waals surface area contributed by atoms with E-state index in [9.17, 15) is 4.79 Å². The summed E-state index contributed by atoms with van der Waals surface area (Å²) in [7, 11) is 1.84. The van der Waals surface area contributed by atoms with Crippen LogP contribution in [0.4, 0.5) is 0 Å². The Kier molecular flexibility index (Phi) is 2.34. The number of nitrogens with zero attached hydrogens (tertiary/aromatic N) is 2. The molecule has 1 fully saturated rings. The van der Waals surface area contributed by atoms with Crippen LogP contribution < -0.4 is 5.73 Å². The zero-order valence-electron chi connectivity index (χ0n) is 7.21. The number of primary amides is 1. The van der Waals surface area contributed by atoms with Crippen LogP contribution in [-0.2, 0) is 4.79 Å². The lowest BCUT2D eigenvalue weighted by Crippen LogP contribution is -2.51. The van der Waals surface area contributed by atoms with Gasteiger partial charge in [0.05, 0.1) is 12.5 Å². The van der Waals surface area contributed by atoms with Crippen molar-refractivity contribution in [2.24, 2.45) is 5.73 Å². The van der Waals surface area contributed by atoms with Gasteiger partial charge in [-0.2, -0.15) is 5.26 Å². The van der Waals surface area contributed by atoms with Crippen molar-refractivity contribution in [1.82, 2.24) is 4.90 Å². The molecule has 0 aromatic carbocycles. The van der Waals surface area contributed by atoms with Crippen molar-refractivity contribution < 1.29 is 4.79 Å². The first-order valence-corrected chi connectivity index (χ1v) is 4.01. The van der Waals surface area contributed by atoms with Gasteiger partial charge in [0.2, 0.25) is 5.91 Å². The number of hydrogen-bond donors (Lipinski definition) is 1. The second kappa shape index (κ2) is 3.11. The van der Waals surface area contributed by atoms with Crippen LogP contribution in [0, 0.1) is 11.3 Å². The number of nitrogens with two attached hydrogens (primary N) is 1. The predicted octanol–water partition coefficient (Wildman–Crippen LogP) is -0.150. The van der Waals surface area contributed by atoms with Crippen molar-refractivity contribution in [2.45, 2.75) is 24.8 Å². The highest BCUT2D eigenvalue weighted by Crippen LogP contribution is 2.30. The molecule has 0 spiro atoms. The largest absolute Gasteiger partial charge is 0.368 e. The summed E-state index contributed by atoms with van der Waals surface area (Å²) in [4.78, 5) is 13.0. The van der Waals surface area contributed by atoms with Crippen molar-refractivity contribution in [1.29, 1.82) is 5.26 Å². The van der Waals surface area contributed by atoms with Gasteiger partial charge in [-0.25, -0.2) is 0 Å². The second-order valence-corrected chi connectivity index (χ2v) is 3.26. The summed E-state index contributed by atoms with van der Waals surface area (Å²) < 4.78 is 0. The highest BCUT2D eigenvalue weighted by Gasteiger charge is 2.43. The molecule has 0 bridgehead atoms. The smallest absolute Gasteiger partial charge is 0.239 e. The van der Waals surface area contributed by atoms with E-state index in [0.29, 0.717) is 6.42 Å². The third kappa shape index (κ3) is 1.16. The maximum Gasteiger partial charge on any atom is 0.239 e. The molecule has 12 heavy (non-hydrogen) atoms. The molecule has 1 rings (SSSR count). The third-order valence-electron chi connectivity index (χ3n) is 2.64. The molecule has 66 valence electrons. The lowest BCUT2D eigenvalue weighted by atomic mass is 9.92. The van der Waals surface area contributed by atoms with Crippen LogP contribution in [0.1, 0.15) is 19.3 Å². The fourth-order valence-electron chi connectivity index (χ4n) is 1.77. The Labute approximate surface area is 71.9 Å². The molecule has 1 amide bonds. The molecule has 0 aromatic heterocycles. The molecule has 4 heteroatoms. The molecule has 0 unspecified atom stereocenters. The third-order valence-corrected chi connectivity index (χ3v) is 2.64. The summed E-state index contributed by atoms with van der Waals surface area (Å²) in [5.41, 5.74) is 4.59. The Morgan fingerprint density at radius 1 is 1.83 bits per heavy atom. The van der Waals surface area contributed by atoms with E-state index in [1.54, 1.807) is 0 Å². The first-order chi connectivity index (χ1) is 5.63. The van der Waals surface area contributed by atoms with Gasteiger partial charge in [-0.1, -0.05) is 0 Å². The maximum atomic E-state index is 11.2. The van der Waals surface area contributed by atoms with Gasteiger partial charge in [-0.3, -0.25) is 9.69 Å². The lowest BCUT2D eigenvalue weighted by molar-refractivity contribution is -0.127. The topological polar surface area (TPSA) is 70.1 Å². The Morgan fingerprint density at radius 3 is 2.83 bits per heavy atom. The summed E-state index contributed by atoms with van der Waals surface area (Å²) in [5, 5.41) is 8.57. The Hall–Kier alpha value is -1.08. The van der Waals surface area contributed by atoms with Crippen LogP contribution in [0.25, 0.3) is 0 Å². The highest BCUT2D eigenvalue weighted by atomic mass is 16.1. The lowest BCUT2D eigenvalue weighted by Gasteiger charge is -2.30. The maximum absolute atomic E-state index is 11.2. The molecule has 1 aliphatic rings. The molecule has 0 radical (unpaired) electrons. The average molecular weight is 167 g/mol. The number of nitriles is 1. The normalized spacial score (nSPS) is 30.0. The van der Waals surface area contributed by atoms with Gasteiger partial charge in [0.25, 0.3) is 0 Å². The number of rotatable bonds is 2. The SMILES string of the molecule is CN1CCC[C@@]1(CC#N)C(N)=O. The molecule has 0 aromatic rings. The van der Waals surface area contributed by atoms with E-state index in [0.717, 1.165) is 13.0 Å². The summed E-state index contributed by atoms with van der Waals surface area (Å²) in [6.45, 7) is 0.852. The number of carbonyl (C=O) groups is 1. The zero-order valence-corrected chi connectivity index (χ0v) is 7.21. The Bertz CT molecular complexity index is 233. The molecule has 1 aliphatic heterocycles. The molecule has 1 atom stereocenters. The minimum Gasteiger partial charge on any atom is -0.368 e. The van der Waals surface area contributed by atoms with E-state index in [2.05, 4.69) is 0 Å². The average Bonchev–Trinajstić information content (AvgIpc) is 2.34. The summed E-state index contributed by atoms with van der Waals surface area (Å²) in [6, 6.07) is 2.02. The second-order valence-electron chi connectivity index (χ2n) is 3.26. The van der Waals surface area contributed by atoms with Crippen LogP contribution >= 0.6 is 0 Å². The van der Waals surface area contributed by atoms with Crippen LogP contribution in [0.3, 0.4) is 0 Å². The molecule has 0 saturated carbocycles. The minimum absolute atomic E-state index is 0.207. The summed E-state index contributed by atoms with van der Waals surface area (Å²) >= 11 is 0. The molecule has 1 heterocycles. The summed E-state index contributed by atoms with van der Waals surface area (Å²) in [5.74, 6) is -0.371. The zero-order chi connectivity index (χ0) is 9.19. The highest BCUT2D eigenvalue weighted by molar-refractivity contribution is 5.85. The standard InChI is InChI=1S/C8H13N3O/c1-11-6-2-3-8(11,4-5-9)7(10)12/h2-4,6H2,1H3,(H2,10,12)/t8-/m1/s1. The molecule has 0 aliphatic carbocycles. The van der Waals surface area contributed by atoms with E-state index in [1.807, 2.05) is 18.0 Å². The molecular weight excluding hydrogens is 154 g/mol. The van der Waals surface area contributed by atoms with Gasteiger partial charge in [0, 0.05) is 0 Å². The fraction of sp³-hybridized carbons (Fsp3) is 0.750. The van der Waals surface area contributed by atoms with E-state index >= 15 is 0 Å². The van der Waals surface area contributed by atoms with E-state index in [-0.39, 0.29) is 12.3 Å². The first kappa shape index (κ1) is 9.01. The van der Waals surface area contributed by atoms with Crippen LogP contribution in [0.5, 0.6) is 0 Å². The number of amides is 1. The van der Waals surface area contributed by atoms with Crippen LogP contribution in [0.2, 0.25) is 0 Å². The number of carbonyl (C=O) groups excluding carboxylic acids is 1. The van der Waals surface area contributed by atoms with E-state index < -0.39 is 5.54 Å². The van der Waals surface area contributed by atoms with Gasteiger partial charge in [-0.05, 0) is 26.4 Å². The van der Waals surface area contributed by atoms with Crippen molar-refractivity contribution in [3.8, 4) is 6.07 Å². The number of likely N-dealkylation sites (tertiary alicyclic amines) is 1. The molecule has 1 saturated heterocycles. The van der Waals surface area contributed by atoms with Gasteiger partial charge < -0.3 is 5.73 Å². The van der Waals surface area contributed by atoms with Crippen LogP contribution in [0.15, 0.2) is 0 Å². The van der Waals surface area contributed by atoms with Crippen LogP contribution in [-0.4, -0.2) is 29.9 Å². The van der Waals surface area contributed by atoms with Gasteiger partial charge in [0.1, 0.15) is 5.54 Å². The van der Waals surface area contributed by atoms with Gasteiger partial charge in [0.15, 0.2) is 0 Å². The van der Waals surface area contributed by atoms with E-state index in [1.165, 1.54) is 0 Å². The molecule has 4 nitrogen and oxygen atoms in total. The quantitative estimate of drug-likeness (QED) is 0.621. The Balaban J connectivity index is 2.87. The minimum atomic E-state index is -0.686. The van der Waals surface area contributed by atoms with Crippen molar-refractivity contribution in [3.63, 3.8) is 0 Å². The van der Waals surface area contributed by atoms with Gasteiger partial charge in [-0.15, -0.1) is 0 Å². The summed E-state index contributed by atoms with van der Waals surface area (Å²) in [6.07, 6.45) is 1.87. The predicted molar refractivity (Wildman–Crippen MR) is 44.0 cm³/mol.